The molecule has 1 heterocycles. The van der Waals surface area contributed by atoms with Crippen LogP contribution in [0, 0.1) is 13.8 Å². The minimum atomic E-state index is 0.736. The van der Waals surface area contributed by atoms with E-state index in [0.717, 1.165) is 34.0 Å². The summed E-state index contributed by atoms with van der Waals surface area (Å²) in [5.74, 6) is 2.49. The Morgan fingerprint density at radius 1 is 1.16 bits per heavy atom. The van der Waals surface area contributed by atoms with Crippen molar-refractivity contribution in [3.63, 3.8) is 0 Å². The van der Waals surface area contributed by atoms with E-state index in [-0.39, 0.29) is 0 Å². The molecule has 1 aromatic carbocycles. The molecule has 5 heteroatoms. The largest absolute Gasteiger partial charge is 0.373 e. The molecule has 100 valence electrons. The van der Waals surface area contributed by atoms with Gasteiger partial charge in [0.05, 0.1) is 0 Å². The maximum Gasteiger partial charge on any atom is 0.135 e. The predicted molar refractivity (Wildman–Crippen MR) is 82.5 cm³/mol. The highest BCUT2D eigenvalue weighted by Crippen LogP contribution is 2.20. The molecule has 0 radical (unpaired) electrons. The Morgan fingerprint density at radius 2 is 1.89 bits per heavy atom. The van der Waals surface area contributed by atoms with Gasteiger partial charge in [-0.15, -0.1) is 0 Å². The van der Waals surface area contributed by atoms with E-state index in [2.05, 4.69) is 48.7 Å². The zero-order valence-electron chi connectivity index (χ0n) is 11.3. The number of halogens is 1. The van der Waals surface area contributed by atoms with Gasteiger partial charge in [0.2, 0.25) is 0 Å². The molecule has 19 heavy (non-hydrogen) atoms. The fourth-order valence-electron chi connectivity index (χ4n) is 1.88. The van der Waals surface area contributed by atoms with Crippen LogP contribution in [0.25, 0.3) is 0 Å². The molecule has 0 aliphatic heterocycles. The molecular weight excluding hydrogens is 304 g/mol. The van der Waals surface area contributed by atoms with Crippen molar-refractivity contribution in [1.82, 2.24) is 9.97 Å². The van der Waals surface area contributed by atoms with E-state index in [1.165, 1.54) is 5.56 Å². The van der Waals surface area contributed by atoms with Crippen LogP contribution in [-0.2, 0) is 6.54 Å². The van der Waals surface area contributed by atoms with Crippen LogP contribution in [0.3, 0.4) is 0 Å². The maximum atomic E-state index is 4.44. The van der Waals surface area contributed by atoms with Gasteiger partial charge in [-0.05, 0) is 31.5 Å². The van der Waals surface area contributed by atoms with Gasteiger partial charge in [0.15, 0.2) is 0 Å². The summed E-state index contributed by atoms with van der Waals surface area (Å²) in [6, 6.07) is 8.22. The van der Waals surface area contributed by atoms with Crippen molar-refractivity contribution in [1.29, 1.82) is 0 Å². The SMILES string of the molecule is CNc1nc(C)nc(NCc2cccc(Br)c2)c1C. The average molecular weight is 321 g/mol. The molecule has 0 bridgehead atoms. The highest BCUT2D eigenvalue weighted by Gasteiger charge is 2.07. The second kappa shape index (κ2) is 6.02. The lowest BCUT2D eigenvalue weighted by Crippen LogP contribution is -2.08. The van der Waals surface area contributed by atoms with Gasteiger partial charge < -0.3 is 10.6 Å². The van der Waals surface area contributed by atoms with E-state index in [9.17, 15) is 0 Å². The smallest absolute Gasteiger partial charge is 0.135 e. The quantitative estimate of drug-likeness (QED) is 0.905. The Hall–Kier alpha value is -1.62. The number of nitrogens with zero attached hydrogens (tertiary/aromatic N) is 2. The van der Waals surface area contributed by atoms with Crippen molar-refractivity contribution in [2.75, 3.05) is 17.7 Å². The van der Waals surface area contributed by atoms with Crippen LogP contribution in [0.4, 0.5) is 11.6 Å². The summed E-state index contributed by atoms with van der Waals surface area (Å²) in [7, 11) is 1.87. The summed E-state index contributed by atoms with van der Waals surface area (Å²) in [6.07, 6.45) is 0. The van der Waals surface area contributed by atoms with Crippen molar-refractivity contribution in [2.24, 2.45) is 0 Å². The fraction of sp³-hybridized carbons (Fsp3) is 0.286. The van der Waals surface area contributed by atoms with E-state index >= 15 is 0 Å². The van der Waals surface area contributed by atoms with Gasteiger partial charge in [-0.25, -0.2) is 9.97 Å². The van der Waals surface area contributed by atoms with Crippen molar-refractivity contribution < 1.29 is 0 Å². The lowest BCUT2D eigenvalue weighted by atomic mass is 10.2. The lowest BCUT2D eigenvalue weighted by molar-refractivity contribution is 1.00. The number of hydrogen-bond acceptors (Lipinski definition) is 4. The van der Waals surface area contributed by atoms with Crippen molar-refractivity contribution in [3.05, 3.63) is 45.7 Å². The molecule has 2 rings (SSSR count). The fourth-order valence-corrected chi connectivity index (χ4v) is 2.32. The second-order valence-electron chi connectivity index (χ2n) is 4.33. The van der Waals surface area contributed by atoms with Crippen LogP contribution in [0.15, 0.2) is 28.7 Å². The first-order valence-corrected chi connectivity index (χ1v) is 6.90. The van der Waals surface area contributed by atoms with E-state index in [1.54, 1.807) is 0 Å². The first-order valence-electron chi connectivity index (χ1n) is 6.11. The first kappa shape index (κ1) is 13.8. The van der Waals surface area contributed by atoms with Gasteiger partial charge in [0.1, 0.15) is 17.5 Å². The third-order valence-corrected chi connectivity index (χ3v) is 3.34. The highest BCUT2D eigenvalue weighted by molar-refractivity contribution is 9.10. The summed E-state index contributed by atoms with van der Waals surface area (Å²) in [6.45, 7) is 4.64. The molecule has 0 saturated heterocycles. The molecule has 0 saturated carbocycles. The van der Waals surface area contributed by atoms with Crippen LogP contribution in [0.2, 0.25) is 0 Å². The highest BCUT2D eigenvalue weighted by atomic mass is 79.9. The predicted octanol–water partition coefficient (Wildman–Crippen LogP) is 3.51. The number of nitrogens with one attached hydrogen (secondary N) is 2. The second-order valence-corrected chi connectivity index (χ2v) is 5.24. The Balaban J connectivity index is 2.17. The molecule has 4 nitrogen and oxygen atoms in total. The minimum Gasteiger partial charge on any atom is -0.373 e. The molecule has 0 aliphatic carbocycles. The maximum absolute atomic E-state index is 4.44. The molecule has 0 fully saturated rings. The topological polar surface area (TPSA) is 49.8 Å². The third kappa shape index (κ3) is 3.44. The monoisotopic (exact) mass is 320 g/mol. The molecule has 0 atom stereocenters. The van der Waals surface area contributed by atoms with Gasteiger partial charge in [0, 0.05) is 23.6 Å². The van der Waals surface area contributed by atoms with Crippen molar-refractivity contribution >= 4 is 27.6 Å². The zero-order chi connectivity index (χ0) is 13.8. The first-order chi connectivity index (χ1) is 9.10. The van der Waals surface area contributed by atoms with Gasteiger partial charge in [-0.1, -0.05) is 28.1 Å². The van der Waals surface area contributed by atoms with E-state index in [1.807, 2.05) is 33.0 Å². The van der Waals surface area contributed by atoms with E-state index in [0.29, 0.717) is 0 Å². The van der Waals surface area contributed by atoms with Crippen LogP contribution in [0.1, 0.15) is 17.0 Å². The number of rotatable bonds is 4. The Labute approximate surface area is 121 Å². The van der Waals surface area contributed by atoms with Gasteiger partial charge in [-0.3, -0.25) is 0 Å². The molecule has 0 amide bonds. The zero-order valence-corrected chi connectivity index (χ0v) is 12.9. The third-order valence-electron chi connectivity index (χ3n) is 2.84. The molecule has 0 aliphatic rings. The molecular formula is C14H17BrN4. The van der Waals surface area contributed by atoms with Crippen LogP contribution in [-0.4, -0.2) is 17.0 Å². The molecule has 0 unspecified atom stereocenters. The Morgan fingerprint density at radius 3 is 2.58 bits per heavy atom. The summed E-state index contributed by atoms with van der Waals surface area (Å²) in [5, 5.41) is 6.45. The van der Waals surface area contributed by atoms with Crippen LogP contribution >= 0.6 is 15.9 Å². The molecule has 2 aromatic rings. The summed E-state index contributed by atoms with van der Waals surface area (Å²) < 4.78 is 1.08. The van der Waals surface area contributed by atoms with E-state index < -0.39 is 0 Å². The summed E-state index contributed by atoms with van der Waals surface area (Å²) in [5.41, 5.74) is 2.24. The van der Waals surface area contributed by atoms with E-state index in [4.69, 9.17) is 0 Å². The normalized spacial score (nSPS) is 10.3. The average Bonchev–Trinajstić information content (AvgIpc) is 2.39. The lowest BCUT2D eigenvalue weighted by Gasteiger charge is -2.12. The van der Waals surface area contributed by atoms with Crippen molar-refractivity contribution in [2.45, 2.75) is 20.4 Å². The number of aryl methyl sites for hydroxylation is 1. The molecule has 0 spiro atoms. The minimum absolute atomic E-state index is 0.736. The number of anilines is 2. The number of hydrogen-bond donors (Lipinski definition) is 2. The summed E-state index contributed by atoms with van der Waals surface area (Å²) in [4.78, 5) is 8.80. The van der Waals surface area contributed by atoms with Gasteiger partial charge in [-0.2, -0.15) is 0 Å². The number of aromatic nitrogens is 2. The Bertz CT molecular complexity index is 584. The molecule has 1 aromatic heterocycles. The van der Waals surface area contributed by atoms with Crippen LogP contribution < -0.4 is 10.6 Å². The van der Waals surface area contributed by atoms with Gasteiger partial charge >= 0.3 is 0 Å². The molecule has 2 N–H and O–H groups in total. The number of benzene rings is 1. The standard InChI is InChI=1S/C14H17BrN4/c1-9-13(16-3)18-10(2)19-14(9)17-8-11-5-4-6-12(15)7-11/h4-7H,8H2,1-3H3,(H2,16,17,18,19). The van der Waals surface area contributed by atoms with Gasteiger partial charge in [0.25, 0.3) is 0 Å². The summed E-state index contributed by atoms with van der Waals surface area (Å²) >= 11 is 3.47. The Kier molecular flexibility index (Phi) is 4.37. The van der Waals surface area contributed by atoms with Crippen molar-refractivity contribution in [3.8, 4) is 0 Å². The van der Waals surface area contributed by atoms with Crippen LogP contribution in [0.5, 0.6) is 0 Å².